The molecule has 18 heavy (non-hydrogen) atoms. The van der Waals surface area contributed by atoms with Crippen LogP contribution in [0.2, 0.25) is 0 Å². The Morgan fingerprint density at radius 1 is 1.33 bits per heavy atom. The van der Waals surface area contributed by atoms with Gasteiger partial charge in [-0.1, -0.05) is 37.3 Å². The Bertz CT molecular complexity index is 339. The van der Waals surface area contributed by atoms with Crippen LogP contribution in [0.3, 0.4) is 0 Å². The third-order valence-corrected chi connectivity index (χ3v) is 4.42. The largest absolute Gasteiger partial charge is 0.378 e. The third kappa shape index (κ3) is 2.93. The molecule has 1 fully saturated rings. The van der Waals surface area contributed by atoms with E-state index in [-0.39, 0.29) is 5.41 Å². The zero-order valence-corrected chi connectivity index (χ0v) is 11.4. The van der Waals surface area contributed by atoms with Crippen LogP contribution in [-0.4, -0.2) is 19.3 Å². The van der Waals surface area contributed by atoms with Gasteiger partial charge in [0.1, 0.15) is 0 Å². The second-order valence-corrected chi connectivity index (χ2v) is 5.38. The molecule has 2 atom stereocenters. The lowest BCUT2D eigenvalue weighted by Crippen LogP contribution is -2.35. The average molecular weight is 247 g/mol. The summed E-state index contributed by atoms with van der Waals surface area (Å²) in [6, 6.07) is 10.7. The Balaban J connectivity index is 2.06. The molecule has 0 spiro atoms. The van der Waals surface area contributed by atoms with E-state index >= 15 is 0 Å². The molecule has 2 rings (SSSR count). The number of nitrogens with two attached hydrogens (primary N) is 1. The second kappa shape index (κ2) is 6.35. The first-order chi connectivity index (χ1) is 8.80. The van der Waals surface area contributed by atoms with Crippen molar-refractivity contribution in [3.05, 3.63) is 35.9 Å². The van der Waals surface area contributed by atoms with E-state index in [2.05, 4.69) is 37.3 Å². The van der Waals surface area contributed by atoms with E-state index in [1.54, 1.807) is 0 Å². The van der Waals surface area contributed by atoms with E-state index in [0.29, 0.717) is 6.10 Å². The van der Waals surface area contributed by atoms with Gasteiger partial charge in [0.25, 0.3) is 0 Å². The lowest BCUT2D eigenvalue weighted by molar-refractivity contribution is 0.0954. The molecule has 2 N–H and O–H groups in total. The molecule has 0 aromatic heterocycles. The van der Waals surface area contributed by atoms with Crippen molar-refractivity contribution in [3.63, 3.8) is 0 Å². The Morgan fingerprint density at radius 2 is 2.11 bits per heavy atom. The summed E-state index contributed by atoms with van der Waals surface area (Å²) >= 11 is 0. The van der Waals surface area contributed by atoms with Gasteiger partial charge in [0.2, 0.25) is 0 Å². The summed E-state index contributed by atoms with van der Waals surface area (Å²) in [6.45, 7) is 3.91. The van der Waals surface area contributed by atoms with Crippen LogP contribution in [0, 0.1) is 0 Å². The fourth-order valence-corrected chi connectivity index (χ4v) is 2.99. The molecule has 0 aliphatic carbocycles. The molecule has 0 bridgehead atoms. The standard InChI is InChI=1S/C16H25NO/c1-2-16(13-17,14-7-4-3-5-8-14)11-10-15-9-6-12-18-15/h3-5,7-8,15H,2,6,9-13,17H2,1H3. The number of hydrogen-bond acceptors (Lipinski definition) is 2. The molecule has 1 aliphatic heterocycles. The van der Waals surface area contributed by atoms with Gasteiger partial charge in [-0.2, -0.15) is 0 Å². The van der Waals surface area contributed by atoms with Crippen molar-refractivity contribution in [2.45, 2.75) is 50.5 Å². The highest BCUT2D eigenvalue weighted by molar-refractivity contribution is 5.25. The Hall–Kier alpha value is -0.860. The topological polar surface area (TPSA) is 35.2 Å². The van der Waals surface area contributed by atoms with E-state index in [1.165, 1.54) is 18.4 Å². The lowest BCUT2D eigenvalue weighted by Gasteiger charge is -2.33. The van der Waals surface area contributed by atoms with E-state index in [4.69, 9.17) is 10.5 Å². The quantitative estimate of drug-likeness (QED) is 0.837. The molecule has 100 valence electrons. The molecular formula is C16H25NO. The highest BCUT2D eigenvalue weighted by Crippen LogP contribution is 2.34. The molecule has 1 aliphatic rings. The smallest absolute Gasteiger partial charge is 0.0576 e. The van der Waals surface area contributed by atoms with Gasteiger partial charge in [-0.05, 0) is 37.7 Å². The van der Waals surface area contributed by atoms with E-state index < -0.39 is 0 Å². The van der Waals surface area contributed by atoms with Gasteiger partial charge in [0.15, 0.2) is 0 Å². The van der Waals surface area contributed by atoms with Crippen LogP contribution in [0.25, 0.3) is 0 Å². The van der Waals surface area contributed by atoms with E-state index in [9.17, 15) is 0 Å². The zero-order valence-electron chi connectivity index (χ0n) is 11.4. The Labute approximate surface area is 111 Å². The summed E-state index contributed by atoms with van der Waals surface area (Å²) in [4.78, 5) is 0. The first kappa shape index (κ1) is 13.6. The molecule has 2 heteroatoms. The molecule has 2 unspecified atom stereocenters. The molecular weight excluding hydrogens is 222 g/mol. The van der Waals surface area contributed by atoms with Crippen LogP contribution in [-0.2, 0) is 10.2 Å². The van der Waals surface area contributed by atoms with Crippen molar-refractivity contribution in [1.29, 1.82) is 0 Å². The van der Waals surface area contributed by atoms with Gasteiger partial charge < -0.3 is 10.5 Å². The summed E-state index contributed by atoms with van der Waals surface area (Å²) in [5.41, 5.74) is 7.61. The van der Waals surface area contributed by atoms with E-state index in [1.807, 2.05) is 0 Å². The molecule has 1 heterocycles. The van der Waals surface area contributed by atoms with Crippen molar-refractivity contribution in [2.24, 2.45) is 5.73 Å². The van der Waals surface area contributed by atoms with Crippen LogP contribution in [0.1, 0.15) is 44.6 Å². The fraction of sp³-hybridized carbons (Fsp3) is 0.625. The van der Waals surface area contributed by atoms with Crippen molar-refractivity contribution >= 4 is 0 Å². The van der Waals surface area contributed by atoms with Gasteiger partial charge in [-0.25, -0.2) is 0 Å². The second-order valence-electron chi connectivity index (χ2n) is 5.38. The van der Waals surface area contributed by atoms with Gasteiger partial charge in [-0.3, -0.25) is 0 Å². The summed E-state index contributed by atoms with van der Waals surface area (Å²) in [6.07, 6.45) is 6.28. The maximum atomic E-state index is 6.09. The van der Waals surface area contributed by atoms with E-state index in [0.717, 1.165) is 32.4 Å². The van der Waals surface area contributed by atoms with Crippen molar-refractivity contribution < 1.29 is 4.74 Å². The minimum absolute atomic E-state index is 0.132. The fourth-order valence-electron chi connectivity index (χ4n) is 2.99. The predicted molar refractivity (Wildman–Crippen MR) is 75.7 cm³/mol. The van der Waals surface area contributed by atoms with Crippen LogP contribution in [0.15, 0.2) is 30.3 Å². The molecule has 0 saturated carbocycles. The predicted octanol–water partition coefficient (Wildman–Crippen LogP) is 3.25. The molecule has 1 saturated heterocycles. The molecule has 1 aromatic carbocycles. The van der Waals surface area contributed by atoms with Gasteiger partial charge in [0, 0.05) is 18.6 Å². The van der Waals surface area contributed by atoms with Crippen LogP contribution < -0.4 is 5.73 Å². The highest BCUT2D eigenvalue weighted by atomic mass is 16.5. The number of rotatable bonds is 6. The lowest BCUT2D eigenvalue weighted by atomic mass is 9.74. The normalized spacial score (nSPS) is 22.9. The minimum atomic E-state index is 0.132. The maximum Gasteiger partial charge on any atom is 0.0576 e. The summed E-state index contributed by atoms with van der Waals surface area (Å²) in [7, 11) is 0. The van der Waals surface area contributed by atoms with Crippen molar-refractivity contribution in [2.75, 3.05) is 13.2 Å². The molecule has 1 aromatic rings. The monoisotopic (exact) mass is 247 g/mol. The van der Waals surface area contributed by atoms with Gasteiger partial charge >= 0.3 is 0 Å². The van der Waals surface area contributed by atoms with Crippen LogP contribution >= 0.6 is 0 Å². The number of hydrogen-bond donors (Lipinski definition) is 1. The Morgan fingerprint density at radius 3 is 2.67 bits per heavy atom. The first-order valence-corrected chi connectivity index (χ1v) is 7.18. The zero-order chi connectivity index (χ0) is 12.8. The highest BCUT2D eigenvalue weighted by Gasteiger charge is 2.30. The van der Waals surface area contributed by atoms with Gasteiger partial charge in [0.05, 0.1) is 6.10 Å². The maximum absolute atomic E-state index is 6.09. The van der Waals surface area contributed by atoms with Gasteiger partial charge in [-0.15, -0.1) is 0 Å². The molecule has 2 nitrogen and oxygen atoms in total. The SMILES string of the molecule is CCC(CN)(CCC1CCCO1)c1ccccc1. The Kier molecular flexibility index (Phi) is 4.79. The summed E-state index contributed by atoms with van der Waals surface area (Å²) in [5, 5.41) is 0. The van der Waals surface area contributed by atoms with Crippen molar-refractivity contribution in [3.8, 4) is 0 Å². The summed E-state index contributed by atoms with van der Waals surface area (Å²) < 4.78 is 5.73. The third-order valence-electron chi connectivity index (χ3n) is 4.42. The average Bonchev–Trinajstić information content (AvgIpc) is 2.95. The summed E-state index contributed by atoms with van der Waals surface area (Å²) in [5.74, 6) is 0. The molecule has 0 amide bonds. The number of benzene rings is 1. The number of ether oxygens (including phenoxy) is 1. The van der Waals surface area contributed by atoms with Crippen LogP contribution in [0.5, 0.6) is 0 Å². The molecule has 0 radical (unpaired) electrons. The van der Waals surface area contributed by atoms with Crippen molar-refractivity contribution in [1.82, 2.24) is 0 Å². The van der Waals surface area contributed by atoms with Crippen LogP contribution in [0.4, 0.5) is 0 Å². The minimum Gasteiger partial charge on any atom is -0.378 e. The first-order valence-electron chi connectivity index (χ1n) is 7.18.